The molecular formula is C22H21F3N2O2S. The van der Waals surface area contributed by atoms with Gasteiger partial charge in [-0.3, -0.25) is 0 Å². The molecule has 0 aliphatic carbocycles. The van der Waals surface area contributed by atoms with E-state index in [0.717, 1.165) is 30.1 Å². The van der Waals surface area contributed by atoms with Crippen molar-refractivity contribution in [1.29, 1.82) is 0 Å². The molecule has 0 bridgehead atoms. The zero-order valence-electron chi connectivity index (χ0n) is 16.5. The largest absolute Gasteiger partial charge is 0.456 e. The third kappa shape index (κ3) is 3.85. The number of halogens is 3. The fourth-order valence-corrected chi connectivity index (χ4v) is 4.38. The smallest absolute Gasteiger partial charge is 0.416 e. The number of aryl methyl sites for hydroxylation is 1. The van der Waals surface area contributed by atoms with E-state index in [1.165, 1.54) is 17.4 Å². The number of aliphatic hydroxyl groups excluding tert-OH is 1. The fourth-order valence-electron chi connectivity index (χ4n) is 3.56. The molecule has 4 nitrogen and oxygen atoms in total. The minimum atomic E-state index is -4.40. The molecule has 2 heterocycles. The quantitative estimate of drug-likeness (QED) is 0.562. The summed E-state index contributed by atoms with van der Waals surface area (Å²) in [5, 5.41) is 12.9. The number of para-hydroxylation sites is 2. The maximum absolute atomic E-state index is 12.9. The van der Waals surface area contributed by atoms with E-state index in [1.54, 1.807) is 18.4 Å². The number of aliphatic hydroxyl groups is 1. The number of likely N-dealkylation sites (N-methyl/N-ethyl adjacent to an activating group) is 1. The van der Waals surface area contributed by atoms with Gasteiger partial charge in [0.25, 0.3) is 0 Å². The molecule has 8 heteroatoms. The minimum Gasteiger partial charge on any atom is -0.456 e. The number of rotatable bonds is 4. The van der Waals surface area contributed by atoms with Crippen molar-refractivity contribution in [2.75, 3.05) is 29.9 Å². The first kappa shape index (κ1) is 20.6. The second-order valence-electron chi connectivity index (χ2n) is 7.21. The third-order valence-corrected chi connectivity index (χ3v) is 6.13. The topological polar surface area (TPSA) is 35.9 Å². The maximum atomic E-state index is 12.9. The summed E-state index contributed by atoms with van der Waals surface area (Å²) in [6.45, 7) is 2.96. The lowest BCUT2D eigenvalue weighted by molar-refractivity contribution is -0.137. The molecule has 0 saturated carbocycles. The first-order valence-corrected chi connectivity index (χ1v) is 10.3. The van der Waals surface area contributed by atoms with Gasteiger partial charge in [0.05, 0.1) is 21.8 Å². The van der Waals surface area contributed by atoms with Crippen molar-refractivity contribution < 1.29 is 23.0 Å². The molecule has 1 aliphatic heterocycles. The average Bonchev–Trinajstić information content (AvgIpc) is 3.17. The molecule has 1 atom stereocenters. The molecule has 0 spiro atoms. The van der Waals surface area contributed by atoms with Crippen molar-refractivity contribution in [2.45, 2.75) is 19.3 Å². The van der Waals surface area contributed by atoms with Crippen molar-refractivity contribution in [3.8, 4) is 11.5 Å². The summed E-state index contributed by atoms with van der Waals surface area (Å²) in [7, 11) is 2.01. The van der Waals surface area contributed by atoms with Gasteiger partial charge in [-0.15, -0.1) is 11.3 Å². The molecule has 0 amide bonds. The first-order valence-electron chi connectivity index (χ1n) is 9.43. The van der Waals surface area contributed by atoms with Gasteiger partial charge >= 0.3 is 6.18 Å². The molecule has 1 unspecified atom stereocenters. The van der Waals surface area contributed by atoms with Crippen molar-refractivity contribution in [3.63, 3.8) is 0 Å². The predicted octanol–water partition coefficient (Wildman–Crippen LogP) is 5.81. The molecule has 0 saturated heterocycles. The van der Waals surface area contributed by atoms with Crippen molar-refractivity contribution in [2.24, 2.45) is 0 Å². The molecule has 0 fully saturated rings. The van der Waals surface area contributed by atoms with Crippen LogP contribution in [0.2, 0.25) is 0 Å². The molecule has 1 aromatic heterocycles. The van der Waals surface area contributed by atoms with Gasteiger partial charge < -0.3 is 19.6 Å². The van der Waals surface area contributed by atoms with Gasteiger partial charge in [0.15, 0.2) is 6.23 Å². The normalized spacial score (nSPS) is 15.1. The zero-order valence-corrected chi connectivity index (χ0v) is 17.3. The van der Waals surface area contributed by atoms with E-state index < -0.39 is 18.0 Å². The number of alkyl halides is 3. The van der Waals surface area contributed by atoms with E-state index in [0.29, 0.717) is 28.5 Å². The number of hydrogen-bond donors (Lipinski definition) is 1. The van der Waals surface area contributed by atoms with E-state index in [1.807, 2.05) is 36.2 Å². The summed E-state index contributed by atoms with van der Waals surface area (Å²) in [5.74, 6) is 0.764. The van der Waals surface area contributed by atoms with Crippen LogP contribution in [0.3, 0.4) is 0 Å². The Bertz CT molecular complexity index is 1050. The molecule has 3 aromatic rings. The standard InChI is InChI=1S/C22H21F3N2O2S/c1-14-13-15(22(23,24)25)7-8-18(14)29-19-9-12-30-20(19)21(28)27-11-10-26(2)16-5-3-4-6-17(16)27/h3-9,12-13,21,28H,10-11H2,1-2H3. The van der Waals surface area contributed by atoms with Crippen LogP contribution in [0.1, 0.15) is 22.2 Å². The highest BCUT2D eigenvalue weighted by Crippen LogP contribution is 2.42. The van der Waals surface area contributed by atoms with Gasteiger partial charge in [-0.05, 0) is 54.3 Å². The van der Waals surface area contributed by atoms with Gasteiger partial charge in [-0.2, -0.15) is 13.2 Å². The number of anilines is 2. The molecule has 2 aromatic carbocycles. The molecule has 158 valence electrons. The number of hydrogen-bond acceptors (Lipinski definition) is 5. The highest BCUT2D eigenvalue weighted by molar-refractivity contribution is 7.10. The number of fused-ring (bicyclic) bond motifs is 1. The van der Waals surface area contributed by atoms with Crippen LogP contribution in [0.25, 0.3) is 0 Å². The highest BCUT2D eigenvalue weighted by Gasteiger charge is 2.31. The highest BCUT2D eigenvalue weighted by atomic mass is 32.1. The van der Waals surface area contributed by atoms with E-state index in [9.17, 15) is 18.3 Å². The molecule has 30 heavy (non-hydrogen) atoms. The first-order chi connectivity index (χ1) is 14.3. The van der Waals surface area contributed by atoms with Gasteiger partial charge in [0.1, 0.15) is 11.5 Å². The predicted molar refractivity (Wildman–Crippen MR) is 113 cm³/mol. The van der Waals surface area contributed by atoms with Gasteiger partial charge in [-0.25, -0.2) is 0 Å². The number of thiophene rings is 1. The maximum Gasteiger partial charge on any atom is 0.416 e. The number of benzene rings is 2. The summed E-state index contributed by atoms with van der Waals surface area (Å²) >= 11 is 1.35. The average molecular weight is 434 g/mol. The lowest BCUT2D eigenvalue weighted by Gasteiger charge is -2.39. The van der Waals surface area contributed by atoms with E-state index in [4.69, 9.17) is 4.74 Å². The molecule has 1 N–H and O–H groups in total. The zero-order chi connectivity index (χ0) is 21.5. The van der Waals surface area contributed by atoms with E-state index in [2.05, 4.69) is 4.90 Å². The third-order valence-electron chi connectivity index (χ3n) is 5.19. The van der Waals surface area contributed by atoms with Gasteiger partial charge in [-0.1, -0.05) is 12.1 Å². The summed E-state index contributed by atoms with van der Waals surface area (Å²) in [4.78, 5) is 4.65. The second kappa shape index (κ2) is 7.85. The Morgan fingerprint density at radius 3 is 2.47 bits per heavy atom. The van der Waals surface area contributed by atoms with E-state index in [-0.39, 0.29) is 0 Å². The Hall–Kier alpha value is -2.71. The molecule has 0 radical (unpaired) electrons. The lowest BCUT2D eigenvalue weighted by atomic mass is 10.1. The van der Waals surface area contributed by atoms with E-state index >= 15 is 0 Å². The summed E-state index contributed by atoms with van der Waals surface area (Å²) in [6.07, 6.45) is -5.33. The van der Waals surface area contributed by atoms with Gasteiger partial charge in [0, 0.05) is 20.1 Å². The Balaban J connectivity index is 1.61. The fraction of sp³-hybridized carbons (Fsp3) is 0.273. The number of nitrogens with zero attached hydrogens (tertiary/aromatic N) is 2. The Morgan fingerprint density at radius 2 is 1.77 bits per heavy atom. The van der Waals surface area contributed by atoms with Crippen LogP contribution >= 0.6 is 11.3 Å². The summed E-state index contributed by atoms with van der Waals surface area (Å²) in [5.41, 5.74) is 1.61. The molecular weight excluding hydrogens is 413 g/mol. The molecule has 4 rings (SSSR count). The van der Waals surface area contributed by atoms with Crippen LogP contribution in [0, 0.1) is 6.92 Å². The second-order valence-corrected chi connectivity index (χ2v) is 8.15. The van der Waals surface area contributed by atoms with Crippen LogP contribution in [0.15, 0.2) is 53.9 Å². The molecule has 1 aliphatic rings. The Kier molecular flexibility index (Phi) is 5.38. The Labute approximate surface area is 176 Å². The van der Waals surface area contributed by atoms with Crippen molar-refractivity contribution in [3.05, 3.63) is 69.9 Å². The van der Waals surface area contributed by atoms with Crippen molar-refractivity contribution in [1.82, 2.24) is 0 Å². The summed E-state index contributed by atoms with van der Waals surface area (Å²) < 4.78 is 44.7. The Morgan fingerprint density at radius 1 is 1.03 bits per heavy atom. The minimum absolute atomic E-state index is 0.327. The van der Waals surface area contributed by atoms with Crippen LogP contribution < -0.4 is 14.5 Å². The summed E-state index contributed by atoms with van der Waals surface area (Å²) in [6, 6.07) is 13.0. The van der Waals surface area contributed by atoms with Crippen LogP contribution in [-0.4, -0.2) is 25.2 Å². The lowest BCUT2D eigenvalue weighted by Crippen LogP contribution is -2.41. The van der Waals surface area contributed by atoms with Crippen molar-refractivity contribution >= 4 is 22.7 Å². The SMILES string of the molecule is Cc1cc(C(F)(F)F)ccc1Oc1ccsc1C(O)N1CCN(C)c2ccccc21. The van der Waals surface area contributed by atoms with Crippen LogP contribution in [0.5, 0.6) is 11.5 Å². The monoisotopic (exact) mass is 434 g/mol. The van der Waals surface area contributed by atoms with Crippen LogP contribution in [0.4, 0.5) is 24.5 Å². The van der Waals surface area contributed by atoms with Gasteiger partial charge in [0.2, 0.25) is 0 Å². The van der Waals surface area contributed by atoms with Crippen LogP contribution in [-0.2, 0) is 6.18 Å². The number of ether oxygens (including phenoxy) is 1.